The van der Waals surface area contributed by atoms with Gasteiger partial charge in [-0.25, -0.2) is 0 Å². The van der Waals surface area contributed by atoms with Crippen LogP contribution in [0.2, 0.25) is 5.02 Å². The molecule has 1 fully saturated rings. The molecule has 6 heteroatoms. The predicted molar refractivity (Wildman–Crippen MR) is 93.5 cm³/mol. The first-order valence-corrected chi connectivity index (χ1v) is 8.31. The molecule has 2 aromatic rings. The molecule has 0 aromatic heterocycles. The maximum atomic E-state index is 12.4. The number of nitrogens with one attached hydrogen (secondary N) is 1. The lowest BCUT2D eigenvalue weighted by atomic mass is 10.0. The Bertz CT molecular complexity index is 778. The third kappa shape index (κ3) is 4.12. The molecule has 25 heavy (non-hydrogen) atoms. The van der Waals surface area contributed by atoms with Crippen LogP contribution in [0.15, 0.2) is 48.5 Å². The zero-order valence-electron chi connectivity index (χ0n) is 13.7. The van der Waals surface area contributed by atoms with Gasteiger partial charge in [0.2, 0.25) is 5.91 Å². The van der Waals surface area contributed by atoms with E-state index in [9.17, 15) is 9.59 Å². The van der Waals surface area contributed by atoms with Crippen LogP contribution in [0.1, 0.15) is 23.7 Å². The molecule has 130 valence electrons. The Hall–Kier alpha value is -2.53. The number of ether oxygens (including phenoxy) is 2. The van der Waals surface area contributed by atoms with Crippen molar-refractivity contribution in [2.75, 3.05) is 7.11 Å². The average molecular weight is 360 g/mol. The van der Waals surface area contributed by atoms with Gasteiger partial charge >= 0.3 is 5.97 Å². The van der Waals surface area contributed by atoms with E-state index in [1.54, 1.807) is 18.2 Å². The summed E-state index contributed by atoms with van der Waals surface area (Å²) in [6.07, 6.45) is -0.137. The molecule has 2 aromatic carbocycles. The summed E-state index contributed by atoms with van der Waals surface area (Å²) in [6, 6.07) is 14.2. The Balaban J connectivity index is 1.67. The molecule has 0 bridgehead atoms. The Kier molecular flexibility index (Phi) is 5.24. The molecular formula is C19H18ClNO4. The molecule has 1 saturated heterocycles. The molecule has 3 rings (SSSR count). The SMILES string of the molecule is COc1ccc(CC(=O)N[C@H]2CC(=O)OC2c2ccccc2)cc1Cl. The minimum atomic E-state index is -0.461. The van der Waals surface area contributed by atoms with E-state index in [1.165, 1.54) is 7.11 Å². The zero-order valence-corrected chi connectivity index (χ0v) is 14.5. The van der Waals surface area contributed by atoms with E-state index in [0.29, 0.717) is 10.8 Å². The molecule has 1 amide bonds. The standard InChI is InChI=1S/C19H18ClNO4/c1-24-16-8-7-12(9-14(16)20)10-17(22)21-15-11-18(23)25-19(15)13-5-3-2-4-6-13/h2-9,15,19H,10-11H2,1H3,(H,21,22)/t15-,19?/m0/s1. The molecule has 0 radical (unpaired) electrons. The lowest BCUT2D eigenvalue weighted by Crippen LogP contribution is -2.37. The van der Waals surface area contributed by atoms with Crippen molar-refractivity contribution < 1.29 is 19.1 Å². The zero-order chi connectivity index (χ0) is 17.8. The molecule has 1 unspecified atom stereocenters. The normalized spacial score (nSPS) is 19.4. The van der Waals surface area contributed by atoms with Crippen molar-refractivity contribution in [1.82, 2.24) is 5.32 Å². The van der Waals surface area contributed by atoms with E-state index < -0.39 is 6.10 Å². The number of esters is 1. The first-order valence-electron chi connectivity index (χ1n) is 7.93. The third-order valence-electron chi connectivity index (χ3n) is 4.07. The monoisotopic (exact) mass is 359 g/mol. The number of cyclic esters (lactones) is 1. The highest BCUT2D eigenvalue weighted by atomic mass is 35.5. The maximum Gasteiger partial charge on any atom is 0.308 e. The number of benzene rings is 2. The molecule has 2 atom stereocenters. The predicted octanol–water partition coefficient (Wildman–Crippen LogP) is 3.06. The fraction of sp³-hybridized carbons (Fsp3) is 0.263. The second-order valence-electron chi connectivity index (χ2n) is 5.84. The second-order valence-corrected chi connectivity index (χ2v) is 6.25. The highest BCUT2D eigenvalue weighted by Crippen LogP contribution is 2.30. The highest BCUT2D eigenvalue weighted by molar-refractivity contribution is 6.32. The van der Waals surface area contributed by atoms with Gasteiger partial charge in [-0.1, -0.05) is 48.0 Å². The van der Waals surface area contributed by atoms with Crippen molar-refractivity contribution in [1.29, 1.82) is 0 Å². The number of halogens is 1. The van der Waals surface area contributed by atoms with E-state index in [-0.39, 0.29) is 30.8 Å². The van der Waals surface area contributed by atoms with E-state index in [2.05, 4.69) is 5.32 Å². The minimum Gasteiger partial charge on any atom is -0.495 e. The number of hydrogen-bond acceptors (Lipinski definition) is 4. The number of rotatable bonds is 5. The average Bonchev–Trinajstić information content (AvgIpc) is 2.96. The summed E-state index contributed by atoms with van der Waals surface area (Å²) in [5.41, 5.74) is 1.64. The smallest absolute Gasteiger partial charge is 0.308 e. The first-order chi connectivity index (χ1) is 12.1. The topological polar surface area (TPSA) is 64.6 Å². The van der Waals surface area contributed by atoms with Crippen molar-refractivity contribution >= 4 is 23.5 Å². The van der Waals surface area contributed by atoms with Gasteiger partial charge in [0.25, 0.3) is 0 Å². The number of amides is 1. The van der Waals surface area contributed by atoms with Gasteiger partial charge in [-0.05, 0) is 23.3 Å². The van der Waals surface area contributed by atoms with Crippen LogP contribution in [0.5, 0.6) is 5.75 Å². The lowest BCUT2D eigenvalue weighted by molar-refractivity contribution is -0.141. The summed E-state index contributed by atoms with van der Waals surface area (Å²) in [4.78, 5) is 24.1. The minimum absolute atomic E-state index is 0.161. The Morgan fingerprint density at radius 3 is 2.72 bits per heavy atom. The summed E-state index contributed by atoms with van der Waals surface area (Å²) in [5, 5.41) is 3.35. The van der Waals surface area contributed by atoms with Crippen molar-refractivity contribution in [3.63, 3.8) is 0 Å². The molecular weight excluding hydrogens is 342 g/mol. The van der Waals surface area contributed by atoms with Crippen molar-refractivity contribution in [3.8, 4) is 5.75 Å². The van der Waals surface area contributed by atoms with Crippen LogP contribution in [0, 0.1) is 0 Å². The molecule has 1 aliphatic rings. The van der Waals surface area contributed by atoms with Gasteiger partial charge in [0, 0.05) is 0 Å². The molecule has 0 saturated carbocycles. The highest BCUT2D eigenvalue weighted by Gasteiger charge is 2.36. The number of carbonyl (C=O) groups is 2. The third-order valence-corrected chi connectivity index (χ3v) is 4.36. The van der Waals surface area contributed by atoms with Crippen LogP contribution >= 0.6 is 11.6 Å². The van der Waals surface area contributed by atoms with Gasteiger partial charge in [0.1, 0.15) is 11.9 Å². The number of carbonyl (C=O) groups excluding carboxylic acids is 2. The summed E-state index contributed by atoms with van der Waals surface area (Å²) in [5.74, 6) is 0.0573. The largest absolute Gasteiger partial charge is 0.495 e. The molecule has 0 spiro atoms. The van der Waals surface area contributed by atoms with E-state index in [4.69, 9.17) is 21.1 Å². The molecule has 5 nitrogen and oxygen atoms in total. The van der Waals surface area contributed by atoms with Gasteiger partial charge in [0.05, 0.1) is 31.0 Å². The van der Waals surface area contributed by atoms with Crippen molar-refractivity contribution in [3.05, 3.63) is 64.7 Å². The lowest BCUT2D eigenvalue weighted by Gasteiger charge is -2.19. The van der Waals surface area contributed by atoms with Gasteiger partial charge in [-0.2, -0.15) is 0 Å². The van der Waals surface area contributed by atoms with Gasteiger partial charge < -0.3 is 14.8 Å². The van der Waals surface area contributed by atoms with E-state index in [1.807, 2.05) is 30.3 Å². The second kappa shape index (κ2) is 7.57. The van der Waals surface area contributed by atoms with Gasteiger partial charge in [-0.3, -0.25) is 9.59 Å². The van der Waals surface area contributed by atoms with Gasteiger partial charge in [0.15, 0.2) is 0 Å². The molecule has 1 aliphatic heterocycles. The summed E-state index contributed by atoms with van der Waals surface area (Å²) in [6.45, 7) is 0. The van der Waals surface area contributed by atoms with Crippen LogP contribution in [-0.2, 0) is 20.7 Å². The first kappa shape index (κ1) is 17.3. The summed E-state index contributed by atoms with van der Waals surface area (Å²) >= 11 is 6.08. The Labute approximate surface area is 150 Å². The van der Waals surface area contributed by atoms with Crippen LogP contribution in [-0.4, -0.2) is 25.0 Å². The van der Waals surface area contributed by atoms with E-state index >= 15 is 0 Å². The Morgan fingerprint density at radius 2 is 2.04 bits per heavy atom. The summed E-state index contributed by atoms with van der Waals surface area (Å²) < 4.78 is 10.5. The quantitative estimate of drug-likeness (QED) is 0.833. The number of hydrogen-bond donors (Lipinski definition) is 1. The van der Waals surface area contributed by atoms with Crippen LogP contribution in [0.3, 0.4) is 0 Å². The molecule has 1 heterocycles. The van der Waals surface area contributed by atoms with Gasteiger partial charge in [-0.15, -0.1) is 0 Å². The fourth-order valence-corrected chi connectivity index (χ4v) is 3.17. The van der Waals surface area contributed by atoms with Crippen LogP contribution in [0.4, 0.5) is 0 Å². The van der Waals surface area contributed by atoms with Crippen molar-refractivity contribution in [2.24, 2.45) is 0 Å². The maximum absolute atomic E-state index is 12.4. The molecule has 1 N–H and O–H groups in total. The number of methoxy groups -OCH3 is 1. The van der Waals surface area contributed by atoms with Crippen molar-refractivity contribution in [2.45, 2.75) is 25.0 Å². The Morgan fingerprint density at radius 1 is 1.28 bits per heavy atom. The van der Waals surface area contributed by atoms with Crippen LogP contribution in [0.25, 0.3) is 0 Å². The van der Waals surface area contributed by atoms with Crippen LogP contribution < -0.4 is 10.1 Å². The fourth-order valence-electron chi connectivity index (χ4n) is 2.89. The van der Waals surface area contributed by atoms with E-state index in [0.717, 1.165) is 11.1 Å². The summed E-state index contributed by atoms with van der Waals surface area (Å²) in [7, 11) is 1.54. The molecule has 0 aliphatic carbocycles.